The molecule has 0 radical (unpaired) electrons. The van der Waals surface area contributed by atoms with Gasteiger partial charge in [-0.25, -0.2) is 33.1 Å². The Bertz CT molecular complexity index is 1270. The molecule has 170 valence electrons. The number of hydrogen-bond donors (Lipinski definition) is 2. The van der Waals surface area contributed by atoms with Gasteiger partial charge in [0.1, 0.15) is 22.9 Å². The maximum Gasteiger partial charge on any atom is 0.271 e. The lowest BCUT2D eigenvalue weighted by atomic mass is 9.91. The second-order valence-corrected chi connectivity index (χ2v) is 8.24. The Labute approximate surface area is 187 Å². The summed E-state index contributed by atoms with van der Waals surface area (Å²) >= 11 is 0. The minimum Gasteiger partial charge on any atom is -0.365 e. The van der Waals surface area contributed by atoms with Gasteiger partial charge in [0.15, 0.2) is 23.3 Å². The molecule has 8 nitrogen and oxygen atoms in total. The van der Waals surface area contributed by atoms with Gasteiger partial charge in [0.05, 0.1) is 18.1 Å². The first kappa shape index (κ1) is 21.1. The Morgan fingerprint density at radius 1 is 1.12 bits per heavy atom. The fraction of sp³-hybridized carbons (Fsp3) is 0.318. The summed E-state index contributed by atoms with van der Waals surface area (Å²) in [5.41, 5.74) is 0.612. The first-order valence-corrected chi connectivity index (χ1v) is 10.5. The molecule has 1 aliphatic heterocycles. The number of rotatable bonds is 5. The molecule has 0 bridgehead atoms. The summed E-state index contributed by atoms with van der Waals surface area (Å²) in [4.78, 5) is 28.5. The van der Waals surface area contributed by atoms with Crippen LogP contribution in [0.1, 0.15) is 47.4 Å². The molecular weight excluding hydrogens is 435 g/mol. The largest absolute Gasteiger partial charge is 0.365 e. The molecule has 0 spiro atoms. The number of aryl methyl sites for hydroxylation is 1. The molecule has 2 unspecified atom stereocenters. The SMILES string of the molecule is Cn1cnc(C(=O)NC2CCCC(Nc3nc(C4=Nc5ncc(F)cc54)c(F)cc3F)C2)c1. The predicted octanol–water partition coefficient (Wildman–Crippen LogP) is 3.26. The van der Waals surface area contributed by atoms with Crippen LogP contribution in [0.4, 0.5) is 24.8 Å². The molecule has 33 heavy (non-hydrogen) atoms. The molecule has 1 saturated carbocycles. The Kier molecular flexibility index (Phi) is 5.31. The molecule has 3 aromatic rings. The maximum atomic E-state index is 14.5. The van der Waals surface area contributed by atoms with Crippen molar-refractivity contribution in [3.63, 3.8) is 0 Å². The van der Waals surface area contributed by atoms with Crippen molar-refractivity contribution < 1.29 is 18.0 Å². The van der Waals surface area contributed by atoms with E-state index in [9.17, 15) is 18.0 Å². The van der Waals surface area contributed by atoms with E-state index in [0.717, 1.165) is 31.5 Å². The van der Waals surface area contributed by atoms with E-state index < -0.39 is 17.5 Å². The van der Waals surface area contributed by atoms with Crippen LogP contribution in [0.15, 0.2) is 35.8 Å². The summed E-state index contributed by atoms with van der Waals surface area (Å²) < 4.78 is 44.2. The van der Waals surface area contributed by atoms with Gasteiger partial charge in [-0.1, -0.05) is 0 Å². The van der Waals surface area contributed by atoms with Crippen molar-refractivity contribution in [1.82, 2.24) is 24.8 Å². The van der Waals surface area contributed by atoms with Gasteiger partial charge in [-0.2, -0.15) is 0 Å². The average molecular weight is 455 g/mol. The second kappa shape index (κ2) is 8.30. The zero-order valence-corrected chi connectivity index (χ0v) is 17.6. The lowest BCUT2D eigenvalue weighted by molar-refractivity contribution is 0.0921. The Balaban J connectivity index is 1.30. The number of nitrogens with zero attached hydrogens (tertiary/aromatic N) is 5. The molecule has 1 amide bonds. The number of amides is 1. The monoisotopic (exact) mass is 455 g/mol. The molecule has 2 aliphatic rings. The summed E-state index contributed by atoms with van der Waals surface area (Å²) in [6.07, 6.45) is 7.09. The van der Waals surface area contributed by atoms with E-state index in [4.69, 9.17) is 0 Å². The van der Waals surface area contributed by atoms with Crippen molar-refractivity contribution in [2.75, 3.05) is 5.32 Å². The smallest absolute Gasteiger partial charge is 0.271 e. The van der Waals surface area contributed by atoms with Crippen LogP contribution < -0.4 is 10.6 Å². The van der Waals surface area contributed by atoms with Crippen molar-refractivity contribution >= 4 is 23.3 Å². The zero-order chi connectivity index (χ0) is 23.1. The van der Waals surface area contributed by atoms with Gasteiger partial charge in [0, 0.05) is 31.4 Å². The molecule has 2 N–H and O–H groups in total. The first-order chi connectivity index (χ1) is 15.9. The number of anilines is 1. The summed E-state index contributed by atoms with van der Waals surface area (Å²) in [6, 6.07) is 1.63. The third kappa shape index (κ3) is 4.18. The van der Waals surface area contributed by atoms with Crippen LogP contribution in [-0.2, 0) is 7.05 Å². The molecule has 5 rings (SSSR count). The number of hydrogen-bond acceptors (Lipinski definition) is 6. The van der Waals surface area contributed by atoms with Crippen LogP contribution in [0.2, 0.25) is 0 Å². The number of aliphatic imine (C=N–C) groups is 1. The van der Waals surface area contributed by atoms with Crippen LogP contribution in [0.5, 0.6) is 0 Å². The van der Waals surface area contributed by atoms with Crippen molar-refractivity contribution in [2.24, 2.45) is 12.0 Å². The normalized spacial score (nSPS) is 19.3. The van der Waals surface area contributed by atoms with Gasteiger partial charge in [-0.15, -0.1) is 0 Å². The van der Waals surface area contributed by atoms with Gasteiger partial charge in [0.25, 0.3) is 5.91 Å². The highest BCUT2D eigenvalue weighted by Crippen LogP contribution is 2.32. The van der Waals surface area contributed by atoms with E-state index in [2.05, 4.69) is 30.6 Å². The molecule has 1 fully saturated rings. The Morgan fingerprint density at radius 2 is 1.94 bits per heavy atom. The molecule has 0 saturated heterocycles. The van der Waals surface area contributed by atoms with Crippen LogP contribution in [0, 0.1) is 17.5 Å². The lowest BCUT2D eigenvalue weighted by Gasteiger charge is -2.30. The molecule has 11 heteroatoms. The molecule has 0 aromatic carbocycles. The summed E-state index contributed by atoms with van der Waals surface area (Å²) in [5.74, 6) is -2.41. The third-order valence-corrected chi connectivity index (χ3v) is 5.75. The van der Waals surface area contributed by atoms with Crippen LogP contribution in [-0.4, -0.2) is 43.2 Å². The fourth-order valence-corrected chi connectivity index (χ4v) is 4.16. The van der Waals surface area contributed by atoms with Gasteiger partial charge in [-0.05, 0) is 31.7 Å². The van der Waals surface area contributed by atoms with Gasteiger partial charge < -0.3 is 15.2 Å². The van der Waals surface area contributed by atoms with E-state index in [1.54, 1.807) is 24.1 Å². The predicted molar refractivity (Wildman–Crippen MR) is 114 cm³/mol. The summed E-state index contributed by atoms with van der Waals surface area (Å²) in [5, 5.41) is 6.00. The molecular formula is C22H20F3N7O. The van der Waals surface area contributed by atoms with E-state index in [0.29, 0.717) is 17.7 Å². The van der Waals surface area contributed by atoms with E-state index in [1.807, 2.05) is 0 Å². The van der Waals surface area contributed by atoms with Crippen molar-refractivity contribution in [3.05, 3.63) is 65.3 Å². The number of fused-ring (bicyclic) bond motifs is 1. The van der Waals surface area contributed by atoms with E-state index >= 15 is 0 Å². The number of nitrogens with one attached hydrogen (secondary N) is 2. The molecule has 4 heterocycles. The highest BCUT2D eigenvalue weighted by Gasteiger charge is 2.29. The number of aromatic nitrogens is 4. The second-order valence-electron chi connectivity index (χ2n) is 8.24. The van der Waals surface area contributed by atoms with Crippen molar-refractivity contribution in [3.8, 4) is 0 Å². The first-order valence-electron chi connectivity index (χ1n) is 10.5. The topological polar surface area (TPSA) is 97.1 Å². The lowest BCUT2D eigenvalue weighted by Crippen LogP contribution is -2.42. The molecule has 2 atom stereocenters. The minimum atomic E-state index is -0.893. The number of pyridine rings is 2. The van der Waals surface area contributed by atoms with E-state index in [-0.39, 0.29) is 41.0 Å². The summed E-state index contributed by atoms with van der Waals surface area (Å²) in [7, 11) is 1.78. The Hall–Kier alpha value is -3.76. The number of halogens is 3. The van der Waals surface area contributed by atoms with Gasteiger partial charge in [0.2, 0.25) is 0 Å². The zero-order valence-electron chi connectivity index (χ0n) is 17.6. The van der Waals surface area contributed by atoms with Crippen LogP contribution in [0.25, 0.3) is 0 Å². The van der Waals surface area contributed by atoms with Crippen molar-refractivity contribution in [1.29, 1.82) is 0 Å². The molecule has 1 aliphatic carbocycles. The highest BCUT2D eigenvalue weighted by molar-refractivity contribution is 6.20. The quantitative estimate of drug-likeness (QED) is 0.482. The van der Waals surface area contributed by atoms with Crippen LogP contribution >= 0.6 is 0 Å². The summed E-state index contributed by atoms with van der Waals surface area (Å²) in [6.45, 7) is 0. The van der Waals surface area contributed by atoms with Crippen molar-refractivity contribution in [2.45, 2.75) is 37.8 Å². The van der Waals surface area contributed by atoms with E-state index in [1.165, 1.54) is 6.07 Å². The van der Waals surface area contributed by atoms with Crippen LogP contribution in [0.3, 0.4) is 0 Å². The number of imidazole rings is 1. The third-order valence-electron chi connectivity index (χ3n) is 5.75. The number of carbonyl (C=O) groups excluding carboxylic acids is 1. The Morgan fingerprint density at radius 3 is 2.73 bits per heavy atom. The minimum absolute atomic E-state index is 0.117. The molecule has 3 aromatic heterocycles. The fourth-order valence-electron chi connectivity index (χ4n) is 4.16. The number of carbonyl (C=O) groups is 1. The van der Waals surface area contributed by atoms with Gasteiger partial charge >= 0.3 is 0 Å². The standard InChI is InChI=1S/C22H20F3N7O/c1-32-9-17(27-10-32)22(33)29-13-4-2-3-12(6-13)28-21-16(25)7-15(24)19(31-21)18-14-5-11(23)8-26-20(14)30-18/h5,7-10,12-13H,2-4,6H2,1H3,(H,28,31)(H,29,33). The highest BCUT2D eigenvalue weighted by atomic mass is 19.1. The van der Waals surface area contributed by atoms with Gasteiger partial charge in [-0.3, -0.25) is 4.79 Å². The average Bonchev–Trinajstić information content (AvgIpc) is 3.20. The maximum absolute atomic E-state index is 14.5.